The Morgan fingerprint density at radius 1 is 1.12 bits per heavy atom. The number of fused-ring (bicyclic) bond motifs is 4. The highest BCUT2D eigenvalue weighted by molar-refractivity contribution is 6.30. The lowest BCUT2D eigenvalue weighted by molar-refractivity contribution is -0.891. The lowest BCUT2D eigenvalue weighted by atomic mass is 9.98. The molecule has 3 N–H and O–H groups in total. The fourth-order valence-corrected chi connectivity index (χ4v) is 5.15. The van der Waals surface area contributed by atoms with Gasteiger partial charge in [-0.1, -0.05) is 30.5 Å². The number of nitrogens with one attached hydrogen (secondary N) is 3. The molecule has 3 heterocycles. The minimum atomic E-state index is -0.536. The third-order valence-electron chi connectivity index (χ3n) is 7.06. The molecule has 12 nitrogen and oxygen atoms in total. The maximum Gasteiger partial charge on any atom is 0.411 e. The first-order valence-corrected chi connectivity index (χ1v) is 14.2. The van der Waals surface area contributed by atoms with E-state index in [-0.39, 0.29) is 11.9 Å². The normalized spacial score (nSPS) is 14.9. The average Bonchev–Trinajstić information content (AvgIpc) is 3.55. The molecule has 2 bridgehead atoms. The van der Waals surface area contributed by atoms with Crippen LogP contribution in [-0.2, 0) is 9.53 Å². The van der Waals surface area contributed by atoms with Gasteiger partial charge in [-0.15, -0.1) is 5.10 Å². The van der Waals surface area contributed by atoms with Crippen LogP contribution in [0.3, 0.4) is 0 Å². The lowest BCUT2D eigenvalue weighted by Gasteiger charge is -2.19. The van der Waals surface area contributed by atoms with Gasteiger partial charge in [0.1, 0.15) is 19.5 Å². The summed E-state index contributed by atoms with van der Waals surface area (Å²) in [7, 11) is 2.92. The number of ether oxygens (including phenoxy) is 1. The van der Waals surface area contributed by atoms with Gasteiger partial charge in [0.05, 0.1) is 12.8 Å². The summed E-state index contributed by atoms with van der Waals surface area (Å²) in [5.41, 5.74) is 5.53. The standard InChI is InChI=1S/C30H31ClN8O4/c1-42-30(41)34-23-9-10-24-20-13-15-39(43-2)28(17-20)25(6-4-3-5-14-32-26(24)18-23)35-29(40)12-7-21-16-22(31)8-11-27(21)38-19-33-36-37-38/h7-13,15-19,25H,3-6,14H2,1-2H3,(H2,32,34,35,40,41)/p+1. The molecule has 0 radical (unpaired) electrons. The summed E-state index contributed by atoms with van der Waals surface area (Å²) in [6.45, 7) is 0.759. The van der Waals surface area contributed by atoms with Crippen LogP contribution in [0.5, 0.6) is 0 Å². The van der Waals surface area contributed by atoms with Gasteiger partial charge in [-0.2, -0.15) is 4.68 Å². The number of carbonyl (C=O) groups excluding carboxylic acids is 2. The lowest BCUT2D eigenvalue weighted by Crippen LogP contribution is -2.47. The Labute approximate surface area is 253 Å². The highest BCUT2D eigenvalue weighted by Crippen LogP contribution is 2.33. The van der Waals surface area contributed by atoms with Gasteiger partial charge in [-0.25, -0.2) is 4.79 Å². The molecule has 13 heteroatoms. The van der Waals surface area contributed by atoms with Crippen molar-refractivity contribution >= 4 is 41.1 Å². The molecule has 2 amide bonds. The predicted molar refractivity (Wildman–Crippen MR) is 162 cm³/mol. The van der Waals surface area contributed by atoms with Gasteiger partial charge in [0.25, 0.3) is 5.69 Å². The number of tetrazole rings is 1. The molecule has 5 rings (SSSR count). The quantitative estimate of drug-likeness (QED) is 0.218. The number of carbonyl (C=O) groups is 2. The molecule has 4 aromatic rings. The number of anilines is 2. The maximum atomic E-state index is 13.3. The maximum absolute atomic E-state index is 13.3. The van der Waals surface area contributed by atoms with E-state index in [4.69, 9.17) is 21.2 Å². The van der Waals surface area contributed by atoms with E-state index in [1.165, 1.54) is 24.2 Å². The minimum Gasteiger partial charge on any atom is -0.453 e. The largest absolute Gasteiger partial charge is 0.453 e. The molecule has 222 valence electrons. The molecule has 0 saturated heterocycles. The second-order valence-electron chi connectivity index (χ2n) is 9.85. The Morgan fingerprint density at radius 2 is 2.00 bits per heavy atom. The Hall–Kier alpha value is -4.97. The van der Waals surface area contributed by atoms with Crippen LogP contribution in [0.15, 0.2) is 67.1 Å². The van der Waals surface area contributed by atoms with Gasteiger partial charge in [0, 0.05) is 57.0 Å². The zero-order valence-electron chi connectivity index (χ0n) is 23.8. The fraction of sp³-hybridized carbons (Fsp3) is 0.267. The Morgan fingerprint density at radius 3 is 2.79 bits per heavy atom. The second kappa shape index (κ2) is 13.8. The number of amides is 2. The van der Waals surface area contributed by atoms with E-state index in [1.54, 1.807) is 36.1 Å². The Kier molecular flexibility index (Phi) is 9.47. The number of nitrogens with zero attached hydrogens (tertiary/aromatic N) is 5. The number of aromatic nitrogens is 5. The van der Waals surface area contributed by atoms with Crippen molar-refractivity contribution in [3.8, 4) is 16.8 Å². The van der Waals surface area contributed by atoms with Crippen molar-refractivity contribution in [3.05, 3.63) is 83.4 Å². The number of benzene rings is 2. The summed E-state index contributed by atoms with van der Waals surface area (Å²) in [6.07, 6.45) is 9.43. The first-order valence-electron chi connectivity index (χ1n) is 13.8. The third kappa shape index (κ3) is 7.28. The first kappa shape index (κ1) is 29.5. The van der Waals surface area contributed by atoms with E-state index in [0.717, 1.165) is 48.3 Å². The van der Waals surface area contributed by atoms with E-state index < -0.39 is 6.09 Å². The third-order valence-corrected chi connectivity index (χ3v) is 7.30. The molecule has 0 spiro atoms. The fourth-order valence-electron chi connectivity index (χ4n) is 4.97. The van der Waals surface area contributed by atoms with E-state index in [1.807, 2.05) is 36.5 Å². The first-order chi connectivity index (χ1) is 20.9. The predicted octanol–water partition coefficient (Wildman–Crippen LogP) is 4.36. The van der Waals surface area contributed by atoms with Crippen molar-refractivity contribution in [3.63, 3.8) is 0 Å². The molecule has 0 saturated carbocycles. The van der Waals surface area contributed by atoms with E-state index in [0.29, 0.717) is 28.4 Å². The number of pyridine rings is 1. The van der Waals surface area contributed by atoms with Gasteiger partial charge in [0.15, 0.2) is 0 Å². The van der Waals surface area contributed by atoms with Crippen LogP contribution in [0.25, 0.3) is 22.9 Å². The molecule has 2 aromatic carbocycles. The number of rotatable bonds is 6. The topological polar surface area (TPSA) is 136 Å². The molecular formula is C30H32ClN8O4+. The highest BCUT2D eigenvalue weighted by atomic mass is 35.5. The summed E-state index contributed by atoms with van der Waals surface area (Å²) >= 11 is 6.24. The summed E-state index contributed by atoms with van der Waals surface area (Å²) in [6, 6.07) is 14.6. The van der Waals surface area contributed by atoms with Gasteiger partial charge in [0.2, 0.25) is 12.1 Å². The zero-order valence-corrected chi connectivity index (χ0v) is 24.5. The number of halogens is 1. The molecule has 43 heavy (non-hydrogen) atoms. The zero-order chi connectivity index (χ0) is 30.2. The van der Waals surface area contributed by atoms with Crippen LogP contribution in [-0.4, -0.2) is 53.0 Å². The second-order valence-corrected chi connectivity index (χ2v) is 10.3. The van der Waals surface area contributed by atoms with Gasteiger partial charge in [-0.05, 0) is 65.2 Å². The molecule has 1 atom stereocenters. The van der Waals surface area contributed by atoms with Crippen LogP contribution in [0, 0.1) is 0 Å². The molecule has 1 aliphatic heterocycles. The summed E-state index contributed by atoms with van der Waals surface area (Å²) in [5, 5.41) is 21.3. The van der Waals surface area contributed by atoms with Crippen molar-refractivity contribution in [1.29, 1.82) is 0 Å². The van der Waals surface area contributed by atoms with Crippen LogP contribution in [0.4, 0.5) is 16.2 Å². The number of methoxy groups -OCH3 is 1. The van der Waals surface area contributed by atoms with Crippen molar-refractivity contribution in [2.45, 2.75) is 31.7 Å². The molecule has 2 aromatic heterocycles. The van der Waals surface area contributed by atoms with E-state index >= 15 is 0 Å². The van der Waals surface area contributed by atoms with Gasteiger partial charge >= 0.3 is 6.09 Å². The van der Waals surface area contributed by atoms with Crippen molar-refractivity contribution in [1.82, 2.24) is 25.5 Å². The van der Waals surface area contributed by atoms with Crippen LogP contribution in [0.1, 0.15) is 43.0 Å². The summed E-state index contributed by atoms with van der Waals surface area (Å²) in [5.74, 6) is -0.270. The Balaban J connectivity index is 1.45. The smallest absolute Gasteiger partial charge is 0.411 e. The van der Waals surface area contributed by atoms with Crippen molar-refractivity contribution < 1.29 is 23.9 Å². The van der Waals surface area contributed by atoms with Crippen molar-refractivity contribution in [2.75, 3.05) is 31.4 Å². The Bertz CT molecular complexity index is 1630. The summed E-state index contributed by atoms with van der Waals surface area (Å²) < 4.78 is 7.92. The van der Waals surface area contributed by atoms with Gasteiger partial charge in [-0.3, -0.25) is 14.9 Å². The van der Waals surface area contributed by atoms with Crippen LogP contribution < -0.4 is 25.5 Å². The van der Waals surface area contributed by atoms with E-state index in [2.05, 4.69) is 31.5 Å². The van der Waals surface area contributed by atoms with Gasteiger partial charge < -0.3 is 15.4 Å². The molecule has 0 fully saturated rings. The summed E-state index contributed by atoms with van der Waals surface area (Å²) in [4.78, 5) is 30.7. The highest BCUT2D eigenvalue weighted by Gasteiger charge is 2.26. The monoisotopic (exact) mass is 603 g/mol. The van der Waals surface area contributed by atoms with E-state index in [9.17, 15) is 9.59 Å². The SMILES string of the molecule is COC(=O)Nc1ccc2c(c1)NCCCCCC(NC(=O)C=Cc1cc(Cl)ccc1-n1cnnn1)c1cc-2cc[n+]1OC. The molecule has 0 aliphatic carbocycles. The number of hydrogen-bond acceptors (Lipinski definition) is 8. The minimum absolute atomic E-state index is 0.270. The van der Waals surface area contributed by atoms with Crippen LogP contribution in [0.2, 0.25) is 5.02 Å². The van der Waals surface area contributed by atoms with Crippen LogP contribution >= 0.6 is 11.6 Å². The van der Waals surface area contributed by atoms with Crippen molar-refractivity contribution in [2.24, 2.45) is 0 Å². The molecule has 1 aliphatic rings. The number of hydrogen-bond donors (Lipinski definition) is 3. The molecular weight excluding hydrogens is 572 g/mol. The average molecular weight is 604 g/mol. The molecule has 1 unspecified atom stereocenters.